The van der Waals surface area contributed by atoms with Gasteiger partial charge < -0.3 is 15.4 Å². The van der Waals surface area contributed by atoms with Crippen LogP contribution in [0.4, 0.5) is 25.8 Å². The highest BCUT2D eigenvalue weighted by Crippen LogP contribution is 2.25. The monoisotopic (exact) mass is 413 g/mol. The molecule has 0 radical (unpaired) electrons. The number of carbonyl (C=O) groups excluding carboxylic acids is 2. The van der Waals surface area contributed by atoms with Crippen LogP contribution in [-0.4, -0.2) is 33.1 Å². The van der Waals surface area contributed by atoms with Gasteiger partial charge in [0.2, 0.25) is 15.9 Å². The first-order valence-corrected chi connectivity index (χ1v) is 9.68. The van der Waals surface area contributed by atoms with Gasteiger partial charge in [0.05, 0.1) is 17.5 Å². The number of halogens is 2. The summed E-state index contributed by atoms with van der Waals surface area (Å²) in [6.07, 6.45) is 0.918. The van der Waals surface area contributed by atoms with Gasteiger partial charge >= 0.3 is 6.61 Å². The van der Waals surface area contributed by atoms with Crippen molar-refractivity contribution in [2.24, 2.45) is 0 Å². The number of alkyl halides is 2. The van der Waals surface area contributed by atoms with Crippen molar-refractivity contribution in [3.8, 4) is 5.75 Å². The fourth-order valence-corrected chi connectivity index (χ4v) is 2.83. The van der Waals surface area contributed by atoms with E-state index in [9.17, 15) is 26.8 Å². The van der Waals surface area contributed by atoms with Gasteiger partial charge in [-0.15, -0.1) is 0 Å². The first kappa shape index (κ1) is 21.1. The number of hydrogen-bond donors (Lipinski definition) is 3. The molecular weight excluding hydrogens is 396 g/mol. The zero-order chi connectivity index (χ0) is 20.9. The Bertz CT molecular complexity index is 996. The largest absolute Gasteiger partial charge is 0.435 e. The lowest BCUT2D eigenvalue weighted by atomic mass is 10.1. The molecule has 8 nitrogen and oxygen atoms in total. The third-order valence-corrected chi connectivity index (χ3v) is 3.79. The molecule has 0 atom stereocenters. The number of hydrogen-bond acceptors (Lipinski definition) is 5. The minimum atomic E-state index is -3.68. The van der Waals surface area contributed by atoms with Crippen molar-refractivity contribution in [2.45, 2.75) is 13.5 Å². The molecular formula is C17H17F2N3O5S. The molecule has 150 valence electrons. The van der Waals surface area contributed by atoms with Gasteiger partial charge in [-0.25, -0.2) is 8.42 Å². The van der Waals surface area contributed by atoms with E-state index in [1.165, 1.54) is 49.4 Å². The van der Waals surface area contributed by atoms with Crippen molar-refractivity contribution in [1.29, 1.82) is 0 Å². The lowest BCUT2D eigenvalue weighted by Crippen LogP contribution is -2.18. The van der Waals surface area contributed by atoms with Gasteiger partial charge in [-0.3, -0.25) is 14.3 Å². The zero-order valence-electron chi connectivity index (χ0n) is 14.8. The van der Waals surface area contributed by atoms with Crippen molar-refractivity contribution >= 4 is 38.9 Å². The van der Waals surface area contributed by atoms with Gasteiger partial charge in [-0.05, 0) is 30.3 Å². The van der Waals surface area contributed by atoms with Crippen LogP contribution >= 0.6 is 0 Å². The first-order valence-electron chi connectivity index (χ1n) is 7.79. The Morgan fingerprint density at radius 3 is 2.32 bits per heavy atom. The predicted octanol–water partition coefficient (Wildman–Crippen LogP) is 2.87. The molecule has 0 bridgehead atoms. The van der Waals surface area contributed by atoms with Crippen LogP contribution in [0.25, 0.3) is 0 Å². The molecule has 2 aromatic rings. The second-order valence-corrected chi connectivity index (χ2v) is 7.42. The quantitative estimate of drug-likeness (QED) is 0.646. The van der Waals surface area contributed by atoms with E-state index in [0.29, 0.717) is 0 Å². The molecule has 0 saturated carbocycles. The number of amides is 2. The maximum absolute atomic E-state index is 12.6. The second-order valence-electron chi connectivity index (χ2n) is 5.68. The molecule has 2 rings (SSSR count). The molecule has 0 aliphatic carbocycles. The SMILES string of the molecule is CC(=O)Nc1ccc(NS(C)(=O)=O)c(C(=O)Nc2cccc(OC(F)F)c2)c1. The van der Waals surface area contributed by atoms with Crippen LogP contribution in [0.2, 0.25) is 0 Å². The van der Waals surface area contributed by atoms with E-state index in [4.69, 9.17) is 0 Å². The molecule has 0 heterocycles. The van der Waals surface area contributed by atoms with Crippen LogP contribution in [0.3, 0.4) is 0 Å². The molecule has 2 aromatic carbocycles. The normalized spacial score (nSPS) is 11.0. The average Bonchev–Trinajstić information content (AvgIpc) is 2.54. The lowest BCUT2D eigenvalue weighted by molar-refractivity contribution is -0.114. The Morgan fingerprint density at radius 2 is 1.71 bits per heavy atom. The van der Waals surface area contributed by atoms with Gasteiger partial charge in [-0.2, -0.15) is 8.78 Å². The summed E-state index contributed by atoms with van der Waals surface area (Å²) in [7, 11) is -3.68. The van der Waals surface area contributed by atoms with E-state index in [2.05, 4.69) is 20.1 Å². The molecule has 3 N–H and O–H groups in total. The van der Waals surface area contributed by atoms with Crippen LogP contribution in [0.15, 0.2) is 42.5 Å². The van der Waals surface area contributed by atoms with Crippen molar-refractivity contribution in [3.63, 3.8) is 0 Å². The molecule has 2 amide bonds. The van der Waals surface area contributed by atoms with E-state index >= 15 is 0 Å². The summed E-state index contributed by atoms with van der Waals surface area (Å²) in [6, 6.07) is 9.33. The highest BCUT2D eigenvalue weighted by molar-refractivity contribution is 7.92. The molecule has 0 unspecified atom stereocenters. The van der Waals surface area contributed by atoms with E-state index < -0.39 is 22.5 Å². The third kappa shape index (κ3) is 6.50. The molecule has 0 saturated heterocycles. The summed E-state index contributed by atoms with van der Waals surface area (Å²) in [6.45, 7) is -1.75. The molecule has 0 spiro atoms. The van der Waals surface area contributed by atoms with E-state index in [1.807, 2.05) is 0 Å². The maximum atomic E-state index is 12.6. The average molecular weight is 413 g/mol. The lowest BCUT2D eigenvalue weighted by Gasteiger charge is -2.14. The molecule has 0 aliphatic rings. The molecule has 0 aromatic heterocycles. The Kier molecular flexibility index (Phi) is 6.52. The van der Waals surface area contributed by atoms with Crippen molar-refractivity contribution in [3.05, 3.63) is 48.0 Å². The summed E-state index contributed by atoms with van der Waals surface area (Å²) in [5.74, 6) is -1.27. The predicted molar refractivity (Wildman–Crippen MR) is 100 cm³/mol. The van der Waals surface area contributed by atoms with Gasteiger partial charge in [0.1, 0.15) is 5.75 Å². The Balaban J connectivity index is 2.34. The highest BCUT2D eigenvalue weighted by Gasteiger charge is 2.16. The molecule has 0 aliphatic heterocycles. The van der Waals surface area contributed by atoms with Crippen LogP contribution in [0, 0.1) is 0 Å². The minimum absolute atomic E-state index is 0.0194. The number of sulfonamides is 1. The number of carbonyl (C=O) groups is 2. The van der Waals surface area contributed by atoms with E-state index in [1.54, 1.807) is 0 Å². The molecule has 28 heavy (non-hydrogen) atoms. The van der Waals surface area contributed by atoms with Crippen LogP contribution < -0.4 is 20.1 Å². The summed E-state index contributed by atoms with van der Waals surface area (Å²) in [4.78, 5) is 23.9. The fourth-order valence-electron chi connectivity index (χ4n) is 2.25. The molecule has 11 heteroatoms. The summed E-state index contributed by atoms with van der Waals surface area (Å²) in [5, 5.41) is 4.95. The smallest absolute Gasteiger partial charge is 0.387 e. The van der Waals surface area contributed by atoms with Crippen molar-refractivity contribution < 1.29 is 31.5 Å². The summed E-state index contributed by atoms with van der Waals surface area (Å²) < 4.78 is 54.2. The fraction of sp³-hybridized carbons (Fsp3) is 0.176. The van der Waals surface area contributed by atoms with Gasteiger partial charge in [0.25, 0.3) is 5.91 Å². The topological polar surface area (TPSA) is 114 Å². The van der Waals surface area contributed by atoms with E-state index in [0.717, 1.165) is 6.26 Å². The number of rotatable bonds is 7. The van der Waals surface area contributed by atoms with Crippen molar-refractivity contribution in [2.75, 3.05) is 21.6 Å². The zero-order valence-corrected chi connectivity index (χ0v) is 15.6. The number of benzene rings is 2. The minimum Gasteiger partial charge on any atom is -0.435 e. The summed E-state index contributed by atoms with van der Waals surface area (Å²) in [5.41, 5.74) is 0.316. The maximum Gasteiger partial charge on any atom is 0.387 e. The van der Waals surface area contributed by atoms with E-state index in [-0.39, 0.29) is 34.3 Å². The Labute approximate surface area is 159 Å². The van der Waals surface area contributed by atoms with Gasteiger partial charge in [0.15, 0.2) is 0 Å². The third-order valence-electron chi connectivity index (χ3n) is 3.20. The Hall–Kier alpha value is -3.21. The van der Waals surface area contributed by atoms with Gasteiger partial charge in [0, 0.05) is 24.4 Å². The van der Waals surface area contributed by atoms with Crippen molar-refractivity contribution in [1.82, 2.24) is 0 Å². The number of anilines is 3. The number of ether oxygens (including phenoxy) is 1. The summed E-state index contributed by atoms with van der Waals surface area (Å²) >= 11 is 0. The standard InChI is InChI=1S/C17H17F2N3O5S/c1-10(23)20-12-6-7-15(22-28(2,25)26)14(9-12)16(24)21-11-4-3-5-13(8-11)27-17(18)19/h3-9,17,22H,1-2H3,(H,20,23)(H,21,24). The van der Waals surface area contributed by atoms with Gasteiger partial charge in [-0.1, -0.05) is 6.07 Å². The number of nitrogens with one attached hydrogen (secondary N) is 3. The Morgan fingerprint density at radius 1 is 1.04 bits per heavy atom. The molecule has 0 fully saturated rings. The second kappa shape index (κ2) is 8.65. The van der Waals surface area contributed by atoms with Crippen LogP contribution in [0.5, 0.6) is 5.75 Å². The van der Waals surface area contributed by atoms with Crippen LogP contribution in [-0.2, 0) is 14.8 Å². The van der Waals surface area contributed by atoms with Crippen LogP contribution in [0.1, 0.15) is 17.3 Å². The highest BCUT2D eigenvalue weighted by atomic mass is 32.2. The first-order chi connectivity index (χ1) is 13.0.